The second kappa shape index (κ2) is 3.37. The van der Waals surface area contributed by atoms with Crippen LogP contribution >= 0.6 is 0 Å². The zero-order valence-corrected chi connectivity index (χ0v) is 3.99. The Kier molecular flexibility index (Phi) is 1.19. The van der Waals surface area contributed by atoms with Crippen molar-refractivity contribution in [1.82, 2.24) is 0 Å². The van der Waals surface area contributed by atoms with Crippen molar-refractivity contribution in [2.24, 2.45) is 0 Å². The summed E-state index contributed by atoms with van der Waals surface area (Å²) in [6, 6.07) is 1.04. The van der Waals surface area contributed by atoms with E-state index in [9.17, 15) is 8.42 Å². The summed E-state index contributed by atoms with van der Waals surface area (Å²) in [6.07, 6.45) is -2.70. The monoisotopic (exact) mass is 120 g/mol. The van der Waals surface area contributed by atoms with Crippen LogP contribution in [0.25, 0.3) is 0 Å². The van der Waals surface area contributed by atoms with Crippen LogP contribution in [0.1, 0.15) is 10.5 Å². The summed E-state index contributed by atoms with van der Waals surface area (Å²) in [5.41, 5.74) is 0. The van der Waals surface area contributed by atoms with E-state index < -0.39 is 22.0 Å². The first kappa shape index (κ1) is 2.48. The van der Waals surface area contributed by atoms with Crippen LogP contribution in [-0.2, 0) is 10.3 Å². The third kappa shape index (κ3) is 5.18. The minimum atomic E-state index is -2.94. The normalized spacial score (nSPS) is 15.0. The molecule has 0 saturated carbocycles. The van der Waals surface area contributed by atoms with E-state index in [1.54, 1.807) is 0 Å². The first-order chi connectivity index (χ1) is 4.41. The van der Waals surface area contributed by atoms with Crippen LogP contribution in [0, 0.1) is 11.3 Å². The molecule has 0 radical (unpaired) electrons. The van der Waals surface area contributed by atoms with Crippen molar-refractivity contribution < 1.29 is 12.5 Å². The fourth-order valence-electron chi connectivity index (χ4n) is 0.0645. The molecule has 0 aromatic heterocycles. The van der Waals surface area contributed by atoms with Crippen molar-refractivity contribution in [1.29, 1.82) is 5.26 Å². The third-order valence-electron chi connectivity index (χ3n) is 0.190. The van der Waals surface area contributed by atoms with E-state index >= 15 is 0 Å². The van der Waals surface area contributed by atoms with Crippen LogP contribution in [0.5, 0.6) is 0 Å². The molecule has 0 aliphatic rings. The molecule has 0 spiro atoms. The van der Waals surface area contributed by atoms with Gasteiger partial charge in [0, 0.05) is 8.09 Å². The molecule has 0 unspecified atom stereocenters. The van der Waals surface area contributed by atoms with Gasteiger partial charge in [-0.25, -0.2) is 0 Å². The van der Waals surface area contributed by atoms with Gasteiger partial charge in [-0.15, -0.1) is 0 Å². The molecule has 38 valence electrons. The van der Waals surface area contributed by atoms with Crippen LogP contribution in [0.15, 0.2) is 0 Å². The van der Waals surface area contributed by atoms with Crippen LogP contribution in [-0.4, -0.2) is 13.8 Å². The van der Waals surface area contributed by atoms with Crippen LogP contribution in [0.3, 0.4) is 0 Å². The Hall–Kier alpha value is -0.820. The van der Waals surface area contributed by atoms with Crippen molar-refractivity contribution >= 4 is 15.6 Å². The fraction of sp³-hybridized carbons (Fsp3) is 0.333. The first-order valence-corrected chi connectivity index (χ1v) is 2.34. The van der Waals surface area contributed by atoms with Crippen LogP contribution in [0.2, 0.25) is 0 Å². The summed E-state index contributed by atoms with van der Waals surface area (Å²) in [6.45, 7) is 0. The van der Waals surface area contributed by atoms with E-state index in [1.807, 2.05) is 0 Å². The van der Waals surface area contributed by atoms with Gasteiger partial charge in [-0.2, -0.15) is 13.7 Å². The van der Waals surface area contributed by atoms with Gasteiger partial charge < -0.3 is 0 Å². The molecule has 0 aromatic rings. The lowest BCUT2D eigenvalue weighted by atomic mass is 10.6. The van der Waals surface area contributed by atoms with Gasteiger partial charge in [0.1, 0.15) is 0 Å². The Balaban J connectivity index is 5.11. The van der Waals surface area contributed by atoms with Gasteiger partial charge in [0.25, 0.3) is 0 Å². The number of nitriles is 1. The molecule has 0 aromatic carbocycles. The maximum Gasteiger partial charge on any atom is 0.211 e. The average molecular weight is 120 g/mol. The van der Waals surface area contributed by atoms with Crippen molar-refractivity contribution in [2.45, 2.75) is 6.37 Å². The molecular weight excluding hydrogens is 114 g/mol. The van der Waals surface area contributed by atoms with Gasteiger partial charge in [0.2, 0.25) is 10.3 Å². The lowest BCUT2D eigenvalue weighted by molar-refractivity contribution is 0.627. The Bertz CT molecular complexity index is 290. The summed E-state index contributed by atoms with van der Waals surface area (Å²) < 4.78 is 39.5. The minimum Gasteiger partial charge on any atom is -0.198 e. The summed E-state index contributed by atoms with van der Waals surface area (Å²) in [4.78, 5) is 0. The van der Waals surface area contributed by atoms with Crippen molar-refractivity contribution in [3.8, 4) is 6.07 Å². The highest BCUT2D eigenvalue weighted by Gasteiger charge is 1.68. The molecular formula is C3H3NO2S. The van der Waals surface area contributed by atoms with E-state index in [4.69, 9.17) is 9.37 Å². The summed E-state index contributed by atoms with van der Waals surface area (Å²) in [5.74, 6) is 0. The standard InChI is InChI=1S/C3H3NO2S/c4-2-1-3-7(5)6/h3H,1H2/i1D2,3D. The molecule has 0 bridgehead atoms. The van der Waals surface area contributed by atoms with Crippen LogP contribution in [0.4, 0.5) is 0 Å². The largest absolute Gasteiger partial charge is 0.211 e. The average Bonchev–Trinajstić information content (AvgIpc) is 1.86. The topological polar surface area (TPSA) is 57.9 Å². The van der Waals surface area contributed by atoms with Gasteiger partial charge in [0.15, 0.2) is 0 Å². The van der Waals surface area contributed by atoms with Gasteiger partial charge in [-0.1, -0.05) is 0 Å². The SMILES string of the molecule is [2H]C(=S(=O)=O)C([2H])([2H])C#N. The molecule has 4 heteroatoms. The van der Waals surface area contributed by atoms with Crippen molar-refractivity contribution in [3.63, 3.8) is 0 Å². The number of nitrogens with zero attached hydrogens (tertiary/aromatic N) is 1. The highest BCUT2D eigenvalue weighted by atomic mass is 32.2. The molecule has 0 fully saturated rings. The lowest BCUT2D eigenvalue weighted by Crippen LogP contribution is -1.68. The van der Waals surface area contributed by atoms with E-state index in [0.717, 1.165) is 6.07 Å². The van der Waals surface area contributed by atoms with Gasteiger partial charge in [0.05, 0.1) is 13.8 Å². The van der Waals surface area contributed by atoms with E-state index in [1.165, 1.54) is 0 Å². The van der Waals surface area contributed by atoms with E-state index in [-0.39, 0.29) is 0 Å². The van der Waals surface area contributed by atoms with Crippen molar-refractivity contribution in [3.05, 3.63) is 0 Å². The molecule has 0 saturated heterocycles. The maximum absolute atomic E-state index is 9.89. The second-order valence-corrected chi connectivity index (χ2v) is 1.25. The van der Waals surface area contributed by atoms with E-state index in [0.29, 0.717) is 0 Å². The van der Waals surface area contributed by atoms with Crippen LogP contribution < -0.4 is 0 Å². The number of hydrogen-bond acceptors (Lipinski definition) is 3. The van der Waals surface area contributed by atoms with Gasteiger partial charge in [-0.05, 0) is 0 Å². The summed E-state index contributed by atoms with van der Waals surface area (Å²) in [5, 5.41) is 6.73. The predicted molar refractivity (Wildman–Crippen MR) is 25.2 cm³/mol. The van der Waals surface area contributed by atoms with Crippen molar-refractivity contribution in [2.75, 3.05) is 0 Å². The molecule has 0 amide bonds. The van der Waals surface area contributed by atoms with Gasteiger partial charge in [-0.3, -0.25) is 0 Å². The Labute approximate surface area is 46.9 Å². The Morgan fingerprint density at radius 1 is 2.14 bits per heavy atom. The third-order valence-corrected chi connectivity index (χ3v) is 0.459. The molecule has 0 heterocycles. The van der Waals surface area contributed by atoms with E-state index in [2.05, 4.69) is 0 Å². The predicted octanol–water partition coefficient (Wildman–Crippen LogP) is -0.419. The molecule has 0 N–H and O–H groups in total. The molecule has 7 heavy (non-hydrogen) atoms. The first-order valence-electron chi connectivity index (χ1n) is 2.76. The lowest BCUT2D eigenvalue weighted by Gasteiger charge is -1.55. The maximum atomic E-state index is 9.89. The zero-order chi connectivity index (χ0) is 8.36. The smallest absolute Gasteiger partial charge is 0.198 e. The molecule has 3 nitrogen and oxygen atoms in total. The highest BCUT2D eigenvalue weighted by Crippen LogP contribution is 1.59. The molecule has 0 aliphatic heterocycles. The minimum absolute atomic E-state index is 1.04. The highest BCUT2D eigenvalue weighted by molar-refractivity contribution is 7.71. The molecule has 0 rings (SSSR count). The second-order valence-electron chi connectivity index (χ2n) is 0.574. The Morgan fingerprint density at radius 3 is 2.86 bits per heavy atom. The number of hydrogen-bond donors (Lipinski definition) is 0. The molecule has 0 atom stereocenters. The summed E-state index contributed by atoms with van der Waals surface area (Å²) in [7, 11) is -2.94. The zero-order valence-electron chi connectivity index (χ0n) is 6.17. The molecule has 0 aliphatic carbocycles. The fourth-order valence-corrected chi connectivity index (χ4v) is 0.193. The Morgan fingerprint density at radius 2 is 2.71 bits per heavy atom. The quantitative estimate of drug-likeness (QED) is 0.441. The number of rotatable bonds is 1. The van der Waals surface area contributed by atoms with Gasteiger partial charge >= 0.3 is 0 Å². The summed E-state index contributed by atoms with van der Waals surface area (Å²) >= 11 is 0.